The highest BCUT2D eigenvalue weighted by molar-refractivity contribution is 5.82. The van der Waals surface area contributed by atoms with Gasteiger partial charge in [-0.1, -0.05) is 0 Å². The third-order valence-electron chi connectivity index (χ3n) is 3.60. The Labute approximate surface area is 106 Å². The highest BCUT2D eigenvalue weighted by Crippen LogP contribution is 2.33. The molecular weight excluding hydrogens is 228 g/mol. The summed E-state index contributed by atoms with van der Waals surface area (Å²) in [6, 6.07) is 1.91. The lowest BCUT2D eigenvalue weighted by atomic mass is 10.1. The summed E-state index contributed by atoms with van der Waals surface area (Å²) in [6.07, 6.45) is 3.37. The Balaban J connectivity index is 2.33. The van der Waals surface area contributed by atoms with Crippen molar-refractivity contribution < 1.29 is 9.47 Å². The number of nitrogens with zero attached hydrogens (tertiary/aromatic N) is 2. The minimum Gasteiger partial charge on any atom is -0.491 e. The Morgan fingerprint density at radius 2 is 1.94 bits per heavy atom. The average molecular weight is 244 g/mol. The van der Waals surface area contributed by atoms with Gasteiger partial charge < -0.3 is 9.47 Å². The number of aromatic nitrogens is 2. The van der Waals surface area contributed by atoms with Gasteiger partial charge in [0.1, 0.15) is 0 Å². The molecule has 1 aliphatic rings. The van der Waals surface area contributed by atoms with E-state index in [1.54, 1.807) is 14.2 Å². The van der Waals surface area contributed by atoms with Crippen LogP contribution in [0.2, 0.25) is 0 Å². The van der Waals surface area contributed by atoms with Crippen LogP contribution in [-0.4, -0.2) is 24.2 Å². The lowest BCUT2D eigenvalue weighted by molar-refractivity contribution is 0.344. The molecule has 0 amide bonds. The van der Waals surface area contributed by atoms with E-state index < -0.39 is 0 Å². The van der Waals surface area contributed by atoms with E-state index in [-0.39, 0.29) is 0 Å². The third kappa shape index (κ3) is 1.52. The van der Waals surface area contributed by atoms with Crippen LogP contribution in [0.3, 0.4) is 0 Å². The van der Waals surface area contributed by atoms with Crippen LogP contribution in [0, 0.1) is 6.92 Å². The van der Waals surface area contributed by atoms with Crippen molar-refractivity contribution in [2.24, 2.45) is 0 Å². The van der Waals surface area contributed by atoms with E-state index >= 15 is 0 Å². The summed E-state index contributed by atoms with van der Waals surface area (Å²) >= 11 is 0. The molecule has 0 saturated heterocycles. The van der Waals surface area contributed by atoms with E-state index in [1.807, 2.05) is 6.07 Å². The second-order valence-corrected chi connectivity index (χ2v) is 4.58. The van der Waals surface area contributed by atoms with E-state index in [2.05, 4.69) is 11.9 Å². The fraction of sp³-hybridized carbons (Fsp3) is 0.429. The van der Waals surface area contributed by atoms with Crippen molar-refractivity contribution in [1.82, 2.24) is 9.97 Å². The molecule has 2 aromatic rings. The molecule has 0 fully saturated rings. The second kappa shape index (κ2) is 4.12. The molecule has 1 aliphatic carbocycles. The number of aryl methyl sites for hydroxylation is 2. The molecule has 2 aromatic heterocycles. The number of rotatable bonds is 2. The minimum absolute atomic E-state index is 0.521. The number of methoxy groups -OCH3 is 2. The van der Waals surface area contributed by atoms with Crippen molar-refractivity contribution in [1.29, 1.82) is 0 Å². The molecule has 0 aliphatic heterocycles. The van der Waals surface area contributed by atoms with Crippen LogP contribution in [0.4, 0.5) is 0 Å². The van der Waals surface area contributed by atoms with E-state index in [0.717, 1.165) is 23.9 Å². The number of hydrogen-bond donors (Lipinski definition) is 0. The summed E-state index contributed by atoms with van der Waals surface area (Å²) in [6.45, 7) is 2.12. The number of ether oxygens (including phenoxy) is 2. The third-order valence-corrected chi connectivity index (χ3v) is 3.60. The summed E-state index contributed by atoms with van der Waals surface area (Å²) in [5.41, 5.74) is 5.63. The molecule has 0 aromatic carbocycles. The van der Waals surface area contributed by atoms with Gasteiger partial charge in [0.15, 0.2) is 5.75 Å². The van der Waals surface area contributed by atoms with Gasteiger partial charge in [0.2, 0.25) is 0 Å². The monoisotopic (exact) mass is 244 g/mol. The van der Waals surface area contributed by atoms with E-state index in [4.69, 9.17) is 14.5 Å². The van der Waals surface area contributed by atoms with Gasteiger partial charge in [-0.2, -0.15) is 0 Å². The first kappa shape index (κ1) is 11.3. The minimum atomic E-state index is 0.521. The SMILES string of the molecule is COc1cc2nc3c(c(C)c2nc1OC)CCC3. The first-order valence-electron chi connectivity index (χ1n) is 6.15. The Kier molecular flexibility index (Phi) is 2.58. The summed E-state index contributed by atoms with van der Waals surface area (Å²) in [4.78, 5) is 9.23. The Morgan fingerprint density at radius 3 is 2.67 bits per heavy atom. The summed E-state index contributed by atoms with van der Waals surface area (Å²) < 4.78 is 10.5. The van der Waals surface area contributed by atoms with E-state index in [0.29, 0.717) is 11.6 Å². The zero-order valence-corrected chi connectivity index (χ0v) is 10.9. The topological polar surface area (TPSA) is 44.2 Å². The van der Waals surface area contributed by atoms with Crippen molar-refractivity contribution in [3.8, 4) is 11.6 Å². The van der Waals surface area contributed by atoms with Gasteiger partial charge in [-0.25, -0.2) is 4.98 Å². The molecule has 0 spiro atoms. The molecule has 4 nitrogen and oxygen atoms in total. The standard InChI is InChI=1S/C14H16N2O2/c1-8-9-5-4-6-10(9)15-11-7-12(17-2)14(18-3)16-13(8)11/h7H,4-6H2,1-3H3. The van der Waals surface area contributed by atoms with Crippen LogP contribution in [0.25, 0.3) is 11.0 Å². The van der Waals surface area contributed by atoms with Crippen LogP contribution >= 0.6 is 0 Å². The predicted octanol–water partition coefficient (Wildman–Crippen LogP) is 2.44. The number of hydrogen-bond acceptors (Lipinski definition) is 4. The molecule has 2 heterocycles. The van der Waals surface area contributed by atoms with Crippen molar-refractivity contribution in [2.45, 2.75) is 26.2 Å². The van der Waals surface area contributed by atoms with Crippen LogP contribution in [0.1, 0.15) is 23.2 Å². The molecular formula is C14H16N2O2. The van der Waals surface area contributed by atoms with Gasteiger partial charge in [-0.15, -0.1) is 0 Å². The number of fused-ring (bicyclic) bond motifs is 2. The van der Waals surface area contributed by atoms with E-state index in [1.165, 1.54) is 23.2 Å². The summed E-state index contributed by atoms with van der Waals surface area (Å²) in [7, 11) is 3.22. The van der Waals surface area contributed by atoms with Crippen LogP contribution in [0.5, 0.6) is 11.6 Å². The molecule has 0 N–H and O–H groups in total. The molecule has 18 heavy (non-hydrogen) atoms. The highest BCUT2D eigenvalue weighted by atomic mass is 16.5. The molecule has 0 unspecified atom stereocenters. The van der Waals surface area contributed by atoms with Gasteiger partial charge in [-0.3, -0.25) is 4.98 Å². The van der Waals surface area contributed by atoms with Crippen molar-refractivity contribution in [2.75, 3.05) is 14.2 Å². The maximum atomic E-state index is 5.28. The fourth-order valence-corrected chi connectivity index (χ4v) is 2.67. The average Bonchev–Trinajstić information content (AvgIpc) is 2.86. The van der Waals surface area contributed by atoms with Gasteiger partial charge in [-0.05, 0) is 37.3 Å². The molecule has 94 valence electrons. The quantitative estimate of drug-likeness (QED) is 0.814. The summed E-state index contributed by atoms with van der Waals surface area (Å²) in [5, 5.41) is 0. The van der Waals surface area contributed by atoms with Gasteiger partial charge in [0.05, 0.1) is 25.3 Å². The molecule has 0 radical (unpaired) electrons. The maximum absolute atomic E-state index is 5.28. The Bertz CT molecular complexity index is 623. The Hall–Kier alpha value is -1.84. The van der Waals surface area contributed by atoms with Crippen molar-refractivity contribution in [3.05, 3.63) is 22.9 Å². The van der Waals surface area contributed by atoms with Crippen LogP contribution < -0.4 is 9.47 Å². The predicted molar refractivity (Wildman–Crippen MR) is 69.4 cm³/mol. The van der Waals surface area contributed by atoms with Crippen LogP contribution in [-0.2, 0) is 12.8 Å². The molecule has 3 rings (SSSR count). The lowest BCUT2D eigenvalue weighted by Gasteiger charge is -2.11. The van der Waals surface area contributed by atoms with Gasteiger partial charge in [0, 0.05) is 11.8 Å². The number of pyridine rings is 2. The molecule has 0 bridgehead atoms. The van der Waals surface area contributed by atoms with Crippen molar-refractivity contribution >= 4 is 11.0 Å². The van der Waals surface area contributed by atoms with E-state index in [9.17, 15) is 0 Å². The normalized spacial score (nSPS) is 13.7. The zero-order valence-electron chi connectivity index (χ0n) is 10.9. The largest absolute Gasteiger partial charge is 0.491 e. The smallest absolute Gasteiger partial charge is 0.257 e. The highest BCUT2D eigenvalue weighted by Gasteiger charge is 2.19. The second-order valence-electron chi connectivity index (χ2n) is 4.58. The fourth-order valence-electron chi connectivity index (χ4n) is 2.67. The zero-order chi connectivity index (χ0) is 12.7. The van der Waals surface area contributed by atoms with Gasteiger partial charge in [0.25, 0.3) is 5.88 Å². The first-order chi connectivity index (χ1) is 8.74. The Morgan fingerprint density at radius 1 is 1.11 bits per heavy atom. The summed E-state index contributed by atoms with van der Waals surface area (Å²) in [5.74, 6) is 1.16. The molecule has 4 heteroatoms. The molecule has 0 saturated carbocycles. The maximum Gasteiger partial charge on any atom is 0.257 e. The van der Waals surface area contributed by atoms with Crippen LogP contribution in [0.15, 0.2) is 6.07 Å². The first-order valence-corrected chi connectivity index (χ1v) is 6.15. The van der Waals surface area contributed by atoms with Crippen molar-refractivity contribution in [3.63, 3.8) is 0 Å². The molecule has 0 atom stereocenters. The van der Waals surface area contributed by atoms with Gasteiger partial charge >= 0.3 is 0 Å². The lowest BCUT2D eigenvalue weighted by Crippen LogP contribution is -2.00.